The molecule has 0 radical (unpaired) electrons. The Labute approximate surface area is 228 Å². The molecule has 1 N–H and O–H groups in total. The van der Waals surface area contributed by atoms with Gasteiger partial charge in [-0.3, -0.25) is 4.79 Å². The highest BCUT2D eigenvalue weighted by atomic mass is 35.5. The van der Waals surface area contributed by atoms with Crippen molar-refractivity contribution in [1.29, 1.82) is 0 Å². The topological polar surface area (TPSA) is 77.1 Å². The Morgan fingerprint density at radius 1 is 1.05 bits per heavy atom. The van der Waals surface area contributed by atoms with Crippen LogP contribution in [0.1, 0.15) is 45.0 Å². The van der Waals surface area contributed by atoms with Gasteiger partial charge in [-0.05, 0) is 68.1 Å². The molecule has 0 bridgehead atoms. The van der Waals surface area contributed by atoms with Gasteiger partial charge < -0.3 is 5.32 Å². The van der Waals surface area contributed by atoms with E-state index < -0.39 is 11.4 Å². The van der Waals surface area contributed by atoms with Crippen LogP contribution in [-0.2, 0) is 18.4 Å². The van der Waals surface area contributed by atoms with Crippen LogP contribution in [0, 0.1) is 19.7 Å². The lowest BCUT2D eigenvalue weighted by molar-refractivity contribution is 0.0886. The van der Waals surface area contributed by atoms with Crippen molar-refractivity contribution in [3.05, 3.63) is 111 Å². The normalized spacial score (nSPS) is 17.0. The van der Waals surface area contributed by atoms with Crippen LogP contribution in [-0.4, -0.2) is 30.3 Å². The third kappa shape index (κ3) is 4.23. The molecular weight excluding hydrogens is 526 g/mol. The molecule has 7 nitrogen and oxygen atoms in total. The average molecular weight is 549 g/mol. The molecule has 1 amide bonds. The number of aryl methyl sites for hydroxylation is 3. The van der Waals surface area contributed by atoms with Crippen LogP contribution in [0.3, 0.4) is 0 Å². The SMILES string of the molecule is Cc1ccc2c3c(nn2c1)CC[C@](NC(=O)c1c(Cl)cc(-n2cnc(C)n2)cc1Cl)(c1ccc(F)cc1)C3. The zero-order valence-corrected chi connectivity index (χ0v) is 22.2. The van der Waals surface area contributed by atoms with Crippen molar-refractivity contribution in [3.8, 4) is 5.69 Å². The molecule has 2 aromatic carbocycles. The average Bonchev–Trinajstić information content (AvgIpc) is 3.46. The third-order valence-corrected chi connectivity index (χ3v) is 7.70. The molecule has 38 heavy (non-hydrogen) atoms. The number of carbonyl (C=O) groups excluding carboxylic acids is 1. The first kappa shape index (κ1) is 24.6. The number of hydrogen-bond donors (Lipinski definition) is 1. The third-order valence-electron chi connectivity index (χ3n) is 7.10. The Bertz CT molecular complexity index is 1690. The van der Waals surface area contributed by atoms with Crippen molar-refractivity contribution >= 4 is 34.6 Å². The number of pyridine rings is 1. The van der Waals surface area contributed by atoms with Gasteiger partial charge in [-0.2, -0.15) is 10.2 Å². The Kier molecular flexibility index (Phi) is 5.96. The number of halogens is 3. The lowest BCUT2D eigenvalue weighted by Gasteiger charge is -2.38. The Hall–Kier alpha value is -3.75. The van der Waals surface area contributed by atoms with Crippen molar-refractivity contribution in [2.24, 2.45) is 0 Å². The van der Waals surface area contributed by atoms with Gasteiger partial charge >= 0.3 is 0 Å². The van der Waals surface area contributed by atoms with Gasteiger partial charge in [0.1, 0.15) is 18.0 Å². The van der Waals surface area contributed by atoms with Crippen LogP contribution in [0.25, 0.3) is 11.2 Å². The second-order valence-electron chi connectivity index (χ2n) is 9.70. The summed E-state index contributed by atoms with van der Waals surface area (Å²) in [4.78, 5) is 17.9. The van der Waals surface area contributed by atoms with E-state index in [-0.39, 0.29) is 21.4 Å². The van der Waals surface area contributed by atoms with Gasteiger partial charge in [-0.25, -0.2) is 18.6 Å². The van der Waals surface area contributed by atoms with Gasteiger partial charge in [0, 0.05) is 18.2 Å². The van der Waals surface area contributed by atoms with Gasteiger partial charge in [0.25, 0.3) is 5.91 Å². The Morgan fingerprint density at radius 2 is 1.79 bits per heavy atom. The maximum absolute atomic E-state index is 13.9. The molecule has 1 aliphatic carbocycles. The maximum atomic E-state index is 13.9. The van der Waals surface area contributed by atoms with Crippen molar-refractivity contribution in [2.45, 2.75) is 38.6 Å². The van der Waals surface area contributed by atoms with Crippen LogP contribution in [0.5, 0.6) is 0 Å². The monoisotopic (exact) mass is 548 g/mol. The lowest BCUT2D eigenvalue weighted by atomic mass is 9.75. The maximum Gasteiger partial charge on any atom is 0.255 e. The molecule has 0 unspecified atom stereocenters. The predicted molar refractivity (Wildman–Crippen MR) is 144 cm³/mol. The zero-order valence-electron chi connectivity index (χ0n) is 20.7. The molecule has 0 saturated heterocycles. The highest BCUT2D eigenvalue weighted by Crippen LogP contribution is 2.39. The quantitative estimate of drug-likeness (QED) is 0.308. The summed E-state index contributed by atoms with van der Waals surface area (Å²) in [6.07, 6.45) is 5.24. The highest BCUT2D eigenvalue weighted by molar-refractivity contribution is 6.40. The largest absolute Gasteiger partial charge is 0.342 e. The molecule has 0 aliphatic heterocycles. The molecule has 1 atom stereocenters. The highest BCUT2D eigenvalue weighted by Gasteiger charge is 2.40. The minimum Gasteiger partial charge on any atom is -0.342 e. The van der Waals surface area contributed by atoms with Crippen molar-refractivity contribution in [1.82, 2.24) is 29.7 Å². The number of aromatic nitrogens is 5. The van der Waals surface area contributed by atoms with Gasteiger partial charge in [-0.1, -0.05) is 41.4 Å². The van der Waals surface area contributed by atoms with E-state index in [1.54, 1.807) is 42.2 Å². The minimum absolute atomic E-state index is 0.164. The number of nitrogens with one attached hydrogen (secondary N) is 1. The number of rotatable bonds is 4. The standard InChI is InChI=1S/C28H23Cl2FN6O/c1-16-3-8-25-21-13-28(18-4-6-19(31)7-5-18,10-9-24(21)35-36(25)14-16)33-27(38)26-22(29)11-20(12-23(26)30)37-15-32-17(2)34-37/h3-8,11-12,14-15H,9-10,13H2,1-2H3,(H,33,38)/t28-/m1/s1. The van der Waals surface area contributed by atoms with E-state index in [9.17, 15) is 9.18 Å². The molecule has 192 valence electrons. The van der Waals surface area contributed by atoms with Crippen LogP contribution < -0.4 is 5.32 Å². The number of benzene rings is 2. The van der Waals surface area contributed by atoms with E-state index >= 15 is 0 Å². The first-order valence-corrected chi connectivity index (χ1v) is 12.9. The second-order valence-corrected chi connectivity index (χ2v) is 10.5. The summed E-state index contributed by atoms with van der Waals surface area (Å²) < 4.78 is 17.3. The summed E-state index contributed by atoms with van der Waals surface area (Å²) in [5.41, 5.74) is 4.86. The van der Waals surface area contributed by atoms with Crippen LogP contribution in [0.2, 0.25) is 10.0 Å². The van der Waals surface area contributed by atoms with Gasteiger partial charge in [0.05, 0.1) is 38.0 Å². The second kappa shape index (κ2) is 9.22. The molecule has 3 heterocycles. The summed E-state index contributed by atoms with van der Waals surface area (Å²) >= 11 is 13.2. The number of amides is 1. The molecular formula is C28H23Cl2FN6O. The van der Waals surface area contributed by atoms with Gasteiger partial charge in [0.2, 0.25) is 0 Å². The van der Waals surface area contributed by atoms with Crippen molar-refractivity contribution in [2.75, 3.05) is 0 Å². The number of carbonyl (C=O) groups is 1. The van der Waals surface area contributed by atoms with E-state index in [2.05, 4.69) is 15.4 Å². The van der Waals surface area contributed by atoms with Crippen LogP contribution in [0.15, 0.2) is 61.1 Å². The summed E-state index contributed by atoms with van der Waals surface area (Å²) in [5, 5.41) is 12.7. The summed E-state index contributed by atoms with van der Waals surface area (Å²) in [6, 6.07) is 13.6. The fourth-order valence-electron chi connectivity index (χ4n) is 5.22. The summed E-state index contributed by atoms with van der Waals surface area (Å²) in [6.45, 7) is 3.79. The summed E-state index contributed by atoms with van der Waals surface area (Å²) in [7, 11) is 0. The van der Waals surface area contributed by atoms with E-state index in [0.29, 0.717) is 30.8 Å². The fourth-order valence-corrected chi connectivity index (χ4v) is 5.87. The van der Waals surface area contributed by atoms with E-state index in [1.165, 1.54) is 12.1 Å². The molecule has 0 spiro atoms. The van der Waals surface area contributed by atoms with Gasteiger partial charge in [0.15, 0.2) is 0 Å². The predicted octanol–water partition coefficient (Wildman–Crippen LogP) is 5.79. The van der Waals surface area contributed by atoms with E-state index in [1.807, 2.05) is 29.8 Å². The van der Waals surface area contributed by atoms with Crippen LogP contribution >= 0.6 is 23.2 Å². The van der Waals surface area contributed by atoms with Crippen molar-refractivity contribution in [3.63, 3.8) is 0 Å². The fraction of sp³-hybridized carbons (Fsp3) is 0.214. The van der Waals surface area contributed by atoms with E-state index in [4.69, 9.17) is 28.3 Å². The minimum atomic E-state index is -0.819. The number of hydrogen-bond acceptors (Lipinski definition) is 4. The Morgan fingerprint density at radius 3 is 2.47 bits per heavy atom. The molecule has 1 aliphatic rings. The first-order valence-electron chi connectivity index (χ1n) is 12.2. The number of nitrogens with zero attached hydrogens (tertiary/aromatic N) is 5. The van der Waals surface area contributed by atoms with Crippen molar-refractivity contribution < 1.29 is 9.18 Å². The molecule has 0 saturated carbocycles. The molecule has 6 rings (SSSR count). The zero-order chi connectivity index (χ0) is 26.6. The lowest BCUT2D eigenvalue weighted by Crippen LogP contribution is -2.49. The Balaban J connectivity index is 1.41. The molecule has 5 aromatic rings. The molecule has 10 heteroatoms. The molecule has 3 aromatic heterocycles. The number of fused-ring (bicyclic) bond motifs is 3. The first-order chi connectivity index (χ1) is 18.2. The summed E-state index contributed by atoms with van der Waals surface area (Å²) in [5.74, 6) is -0.163. The van der Waals surface area contributed by atoms with Crippen LogP contribution in [0.4, 0.5) is 4.39 Å². The smallest absolute Gasteiger partial charge is 0.255 e. The molecule has 0 fully saturated rings. The van der Waals surface area contributed by atoms with Gasteiger partial charge in [-0.15, -0.1) is 0 Å². The van der Waals surface area contributed by atoms with E-state index in [0.717, 1.165) is 27.9 Å².